The summed E-state index contributed by atoms with van der Waals surface area (Å²) in [6.45, 7) is 0.125. The fraction of sp³-hybridized carbons (Fsp3) is 0.0833. The zero-order valence-corrected chi connectivity index (χ0v) is 20.6. The Bertz CT molecular complexity index is 1330. The Labute approximate surface area is 212 Å². The van der Waals surface area contributed by atoms with Crippen molar-refractivity contribution in [1.29, 1.82) is 0 Å². The molecule has 1 aliphatic rings. The van der Waals surface area contributed by atoms with E-state index in [1.807, 2.05) is 18.2 Å². The number of benzene rings is 3. The number of halogens is 2. The molecular weight excluding hydrogens is 544 g/mol. The first-order chi connectivity index (χ1) is 16.3. The number of carbonyl (C=O) groups is 2. The van der Waals surface area contributed by atoms with Crippen molar-refractivity contribution < 1.29 is 19.2 Å². The molecule has 2 amide bonds. The van der Waals surface area contributed by atoms with Gasteiger partial charge in [0, 0.05) is 22.2 Å². The minimum Gasteiger partial charge on any atom is -0.488 e. The fourth-order valence-corrected chi connectivity index (χ4v) is 4.82. The van der Waals surface area contributed by atoms with Crippen LogP contribution in [-0.4, -0.2) is 21.0 Å². The first kappa shape index (κ1) is 24.0. The second-order valence-corrected chi connectivity index (χ2v) is 9.48. The molecule has 0 aliphatic carbocycles. The fourth-order valence-electron chi connectivity index (χ4n) is 3.28. The van der Waals surface area contributed by atoms with E-state index in [4.69, 9.17) is 16.3 Å². The van der Waals surface area contributed by atoms with Gasteiger partial charge in [0.1, 0.15) is 12.4 Å². The van der Waals surface area contributed by atoms with Gasteiger partial charge in [-0.2, -0.15) is 0 Å². The summed E-state index contributed by atoms with van der Waals surface area (Å²) in [5, 5.41) is 11.4. The highest BCUT2D eigenvalue weighted by molar-refractivity contribution is 9.10. The van der Waals surface area contributed by atoms with Crippen molar-refractivity contribution >= 4 is 62.2 Å². The highest BCUT2D eigenvalue weighted by atomic mass is 79.9. The van der Waals surface area contributed by atoms with Gasteiger partial charge < -0.3 is 4.74 Å². The Hall–Kier alpha value is -3.14. The summed E-state index contributed by atoms with van der Waals surface area (Å²) in [5.74, 6) is 0.102. The summed E-state index contributed by atoms with van der Waals surface area (Å²) in [5.41, 5.74) is 1.70. The van der Waals surface area contributed by atoms with Crippen molar-refractivity contribution in [2.75, 3.05) is 0 Å². The average Bonchev–Trinajstić information content (AvgIpc) is 3.07. The lowest BCUT2D eigenvalue weighted by Crippen LogP contribution is -2.27. The normalized spacial score (nSPS) is 14.6. The highest BCUT2D eigenvalue weighted by Gasteiger charge is 2.36. The molecule has 0 atom stereocenters. The number of nitrogens with zero attached hydrogens (tertiary/aromatic N) is 2. The number of carbonyl (C=O) groups excluding carboxylic acids is 2. The number of thioether (sulfide) groups is 1. The van der Waals surface area contributed by atoms with Crippen LogP contribution >= 0.6 is 39.3 Å². The minimum atomic E-state index is -0.531. The van der Waals surface area contributed by atoms with Gasteiger partial charge >= 0.3 is 0 Å². The average molecular weight is 560 g/mol. The molecule has 10 heteroatoms. The van der Waals surface area contributed by atoms with Gasteiger partial charge in [-0.15, -0.1) is 0 Å². The van der Waals surface area contributed by atoms with Crippen molar-refractivity contribution in [1.82, 2.24) is 4.90 Å². The summed E-state index contributed by atoms with van der Waals surface area (Å²) in [6.07, 6.45) is 1.60. The number of nitro benzene ring substituents is 1. The van der Waals surface area contributed by atoms with Gasteiger partial charge in [0.2, 0.25) is 0 Å². The number of hydrogen-bond acceptors (Lipinski definition) is 6. The zero-order chi connectivity index (χ0) is 24.2. The maximum absolute atomic E-state index is 12.8. The molecule has 0 N–H and O–H groups in total. The predicted octanol–water partition coefficient (Wildman–Crippen LogP) is 6.83. The first-order valence-electron chi connectivity index (χ1n) is 9.97. The van der Waals surface area contributed by atoms with Crippen molar-refractivity contribution in [2.45, 2.75) is 13.2 Å². The summed E-state index contributed by atoms with van der Waals surface area (Å²) in [4.78, 5) is 37.3. The van der Waals surface area contributed by atoms with Crippen LogP contribution in [0.25, 0.3) is 6.08 Å². The molecule has 4 rings (SSSR count). The Morgan fingerprint density at radius 2 is 1.76 bits per heavy atom. The van der Waals surface area contributed by atoms with E-state index >= 15 is 0 Å². The molecule has 1 saturated heterocycles. The number of imide groups is 1. The van der Waals surface area contributed by atoms with Crippen molar-refractivity contribution in [3.8, 4) is 5.75 Å². The van der Waals surface area contributed by atoms with Crippen LogP contribution in [0.1, 0.15) is 16.7 Å². The van der Waals surface area contributed by atoms with Gasteiger partial charge in [0.15, 0.2) is 0 Å². The van der Waals surface area contributed by atoms with Crippen LogP contribution in [0.3, 0.4) is 0 Å². The van der Waals surface area contributed by atoms with Crippen LogP contribution in [0.5, 0.6) is 5.75 Å². The molecule has 0 aromatic heterocycles. The van der Waals surface area contributed by atoms with Crippen LogP contribution in [0.2, 0.25) is 5.02 Å². The molecule has 0 saturated carbocycles. The van der Waals surface area contributed by atoms with Crippen LogP contribution in [-0.2, 0) is 17.9 Å². The van der Waals surface area contributed by atoms with Gasteiger partial charge in [-0.05, 0) is 57.5 Å². The van der Waals surface area contributed by atoms with Crippen LogP contribution in [0, 0.1) is 10.1 Å². The van der Waals surface area contributed by atoms with Gasteiger partial charge in [-0.25, -0.2) is 0 Å². The van der Waals surface area contributed by atoms with E-state index in [1.54, 1.807) is 36.4 Å². The molecule has 0 radical (unpaired) electrons. The lowest BCUT2D eigenvalue weighted by molar-refractivity contribution is -0.385. The van der Waals surface area contributed by atoms with E-state index in [9.17, 15) is 19.7 Å². The first-order valence-corrected chi connectivity index (χ1v) is 12.0. The number of nitro groups is 1. The number of para-hydroxylation sites is 1. The zero-order valence-electron chi connectivity index (χ0n) is 17.4. The summed E-state index contributed by atoms with van der Waals surface area (Å²) < 4.78 is 6.51. The summed E-state index contributed by atoms with van der Waals surface area (Å²) >= 11 is 10.4. The van der Waals surface area contributed by atoms with Crippen molar-refractivity contribution in [2.24, 2.45) is 0 Å². The molecule has 0 unspecified atom stereocenters. The Morgan fingerprint density at radius 1 is 1.06 bits per heavy atom. The molecule has 3 aromatic rings. The third kappa shape index (κ3) is 5.32. The number of hydrogen-bond donors (Lipinski definition) is 0. The van der Waals surface area contributed by atoms with Gasteiger partial charge in [-0.3, -0.25) is 24.6 Å². The van der Waals surface area contributed by atoms with E-state index in [0.29, 0.717) is 33.0 Å². The van der Waals surface area contributed by atoms with Gasteiger partial charge in [0.25, 0.3) is 16.8 Å². The lowest BCUT2D eigenvalue weighted by Gasteiger charge is -2.12. The Morgan fingerprint density at radius 3 is 2.47 bits per heavy atom. The number of ether oxygens (including phenoxy) is 1. The topological polar surface area (TPSA) is 89.8 Å². The number of amides is 2. The van der Waals surface area contributed by atoms with E-state index in [-0.39, 0.29) is 17.1 Å². The SMILES string of the molecule is O=C1S/C(=C\c2ccc(OCc3ccccc3Cl)c(Br)c2)C(=O)N1Cc1ccccc1[N+](=O)[O-]. The van der Waals surface area contributed by atoms with Crippen LogP contribution in [0.15, 0.2) is 76.1 Å². The Kier molecular flexibility index (Phi) is 7.35. The maximum atomic E-state index is 12.8. The molecule has 3 aromatic carbocycles. The molecule has 7 nitrogen and oxygen atoms in total. The molecule has 1 aliphatic heterocycles. The van der Waals surface area contributed by atoms with Gasteiger partial charge in [0.05, 0.1) is 20.8 Å². The van der Waals surface area contributed by atoms with E-state index in [2.05, 4.69) is 15.9 Å². The van der Waals surface area contributed by atoms with Gasteiger partial charge in [-0.1, -0.05) is 54.1 Å². The standard InChI is InChI=1S/C24H16BrClN2O5S/c25-18-11-15(9-10-21(18)33-14-17-6-1-3-7-19(17)26)12-22-23(29)27(24(30)34-22)13-16-5-2-4-8-20(16)28(31)32/h1-12H,13-14H2/b22-12-. The summed E-state index contributed by atoms with van der Waals surface area (Å²) in [6, 6.07) is 18.7. The lowest BCUT2D eigenvalue weighted by atomic mass is 10.1. The van der Waals surface area contributed by atoms with Crippen molar-refractivity contribution in [3.63, 3.8) is 0 Å². The third-order valence-corrected chi connectivity index (χ3v) is 6.88. The summed E-state index contributed by atoms with van der Waals surface area (Å²) in [7, 11) is 0. The Balaban J connectivity index is 1.48. The largest absolute Gasteiger partial charge is 0.488 e. The molecule has 34 heavy (non-hydrogen) atoms. The monoisotopic (exact) mass is 558 g/mol. The van der Waals surface area contributed by atoms with E-state index in [1.165, 1.54) is 18.2 Å². The predicted molar refractivity (Wildman–Crippen MR) is 135 cm³/mol. The van der Waals surface area contributed by atoms with Crippen LogP contribution < -0.4 is 4.74 Å². The molecule has 172 valence electrons. The van der Waals surface area contributed by atoms with E-state index < -0.39 is 16.1 Å². The second-order valence-electron chi connectivity index (χ2n) is 7.22. The molecule has 0 bridgehead atoms. The third-order valence-electron chi connectivity index (χ3n) is 4.99. The van der Waals surface area contributed by atoms with Crippen LogP contribution in [0.4, 0.5) is 10.5 Å². The minimum absolute atomic E-state index is 0.137. The highest BCUT2D eigenvalue weighted by Crippen LogP contribution is 2.36. The van der Waals surface area contributed by atoms with Crippen molar-refractivity contribution in [3.05, 3.63) is 108 Å². The maximum Gasteiger partial charge on any atom is 0.293 e. The smallest absolute Gasteiger partial charge is 0.293 e. The molecule has 1 fully saturated rings. The second kappa shape index (κ2) is 10.4. The molecule has 0 spiro atoms. The van der Waals surface area contributed by atoms with E-state index in [0.717, 1.165) is 22.2 Å². The quantitative estimate of drug-likeness (QED) is 0.179. The number of rotatable bonds is 7. The molecule has 1 heterocycles. The molecular formula is C24H16BrClN2O5S.